The molecule has 1 nitrogen and oxygen atoms in total. The van der Waals surface area contributed by atoms with E-state index in [0.29, 0.717) is 10.8 Å². The van der Waals surface area contributed by atoms with Gasteiger partial charge in [-0.25, -0.2) is 0 Å². The lowest BCUT2D eigenvalue weighted by Crippen LogP contribution is -2.61. The van der Waals surface area contributed by atoms with E-state index in [2.05, 4.69) is 13.8 Å². The minimum Gasteiger partial charge on any atom is -0.330 e. The van der Waals surface area contributed by atoms with Gasteiger partial charge in [0.15, 0.2) is 0 Å². The zero-order chi connectivity index (χ0) is 13.3. The SMILES string of the molecule is CCC1CC2(CN)CC3CCC4CC1C(C)(C2)C3C4. The summed E-state index contributed by atoms with van der Waals surface area (Å²) in [6.45, 7) is 6.06. The lowest BCUT2D eigenvalue weighted by atomic mass is 9.37. The van der Waals surface area contributed by atoms with E-state index in [1.165, 1.54) is 38.5 Å². The molecule has 4 rings (SSSR count). The average molecular weight is 261 g/mol. The summed E-state index contributed by atoms with van der Waals surface area (Å²) < 4.78 is 0. The van der Waals surface area contributed by atoms with Crippen LogP contribution in [-0.2, 0) is 0 Å². The van der Waals surface area contributed by atoms with E-state index in [1.54, 1.807) is 12.8 Å². The van der Waals surface area contributed by atoms with Crippen molar-refractivity contribution in [2.45, 2.75) is 65.2 Å². The first kappa shape index (κ1) is 12.7. The maximum atomic E-state index is 6.30. The monoisotopic (exact) mass is 261 g/mol. The van der Waals surface area contributed by atoms with E-state index in [9.17, 15) is 0 Å². The Morgan fingerprint density at radius 2 is 1.89 bits per heavy atom. The molecule has 0 aromatic heterocycles. The molecule has 0 aromatic carbocycles. The second kappa shape index (κ2) is 4.00. The summed E-state index contributed by atoms with van der Waals surface area (Å²) in [7, 11) is 0. The Kier molecular flexibility index (Phi) is 2.67. The molecule has 1 heteroatoms. The number of nitrogens with two attached hydrogens (primary N) is 1. The van der Waals surface area contributed by atoms with Gasteiger partial charge in [0.1, 0.15) is 0 Å². The quantitative estimate of drug-likeness (QED) is 0.791. The summed E-state index contributed by atoms with van der Waals surface area (Å²) >= 11 is 0. The smallest absolute Gasteiger partial charge is 0.00201 e. The summed E-state index contributed by atoms with van der Waals surface area (Å²) in [6.07, 6.45) is 12.0. The Labute approximate surface area is 118 Å². The molecule has 19 heavy (non-hydrogen) atoms. The topological polar surface area (TPSA) is 26.0 Å². The molecule has 0 aromatic rings. The molecule has 0 spiro atoms. The Bertz CT molecular complexity index is 374. The van der Waals surface area contributed by atoms with Crippen LogP contribution < -0.4 is 5.73 Å². The summed E-state index contributed by atoms with van der Waals surface area (Å²) in [4.78, 5) is 0. The van der Waals surface area contributed by atoms with Crippen molar-refractivity contribution < 1.29 is 0 Å². The van der Waals surface area contributed by atoms with Gasteiger partial charge < -0.3 is 5.73 Å². The maximum Gasteiger partial charge on any atom is -0.00201 e. The van der Waals surface area contributed by atoms with Crippen LogP contribution in [0.1, 0.15) is 65.2 Å². The Hall–Kier alpha value is -0.0400. The molecule has 0 amide bonds. The van der Waals surface area contributed by atoms with Gasteiger partial charge in [0, 0.05) is 0 Å². The van der Waals surface area contributed by atoms with Gasteiger partial charge in [0.05, 0.1) is 0 Å². The van der Waals surface area contributed by atoms with Gasteiger partial charge in [-0.3, -0.25) is 0 Å². The van der Waals surface area contributed by atoms with E-state index in [4.69, 9.17) is 5.73 Å². The van der Waals surface area contributed by atoms with Gasteiger partial charge in [0.2, 0.25) is 0 Å². The summed E-state index contributed by atoms with van der Waals surface area (Å²) in [6, 6.07) is 0. The molecule has 0 radical (unpaired) electrons. The first-order valence-electron chi connectivity index (χ1n) is 8.80. The van der Waals surface area contributed by atoms with Crippen molar-refractivity contribution in [2.24, 2.45) is 46.2 Å². The van der Waals surface area contributed by atoms with E-state index in [-0.39, 0.29) is 0 Å². The van der Waals surface area contributed by atoms with Crippen molar-refractivity contribution in [1.82, 2.24) is 0 Å². The molecule has 0 heterocycles. The van der Waals surface area contributed by atoms with Gasteiger partial charge in [-0.15, -0.1) is 0 Å². The third-order valence-corrected chi connectivity index (χ3v) is 8.06. The van der Waals surface area contributed by atoms with Crippen molar-refractivity contribution >= 4 is 0 Å². The van der Waals surface area contributed by atoms with Crippen LogP contribution in [0.3, 0.4) is 0 Å². The highest BCUT2D eigenvalue weighted by Gasteiger charge is 2.62. The van der Waals surface area contributed by atoms with E-state index >= 15 is 0 Å². The molecule has 4 aliphatic carbocycles. The lowest BCUT2D eigenvalue weighted by Gasteiger charge is -2.68. The van der Waals surface area contributed by atoms with Crippen LogP contribution in [0.15, 0.2) is 0 Å². The molecule has 108 valence electrons. The fraction of sp³-hybridized carbons (Fsp3) is 1.00. The van der Waals surface area contributed by atoms with Crippen molar-refractivity contribution in [3.05, 3.63) is 0 Å². The van der Waals surface area contributed by atoms with E-state index in [1.807, 2.05) is 0 Å². The van der Waals surface area contributed by atoms with Crippen molar-refractivity contribution in [2.75, 3.05) is 6.54 Å². The van der Waals surface area contributed by atoms with Gasteiger partial charge in [0.25, 0.3) is 0 Å². The Balaban J connectivity index is 1.79. The van der Waals surface area contributed by atoms with Crippen molar-refractivity contribution in [1.29, 1.82) is 0 Å². The minimum absolute atomic E-state index is 0.525. The fourth-order valence-electron chi connectivity index (χ4n) is 7.44. The Morgan fingerprint density at radius 3 is 2.63 bits per heavy atom. The third-order valence-electron chi connectivity index (χ3n) is 8.06. The standard InChI is InChI=1S/C18H31N/c1-3-13-8-18(11-19)9-14-5-4-12-6-15(13)17(2,10-18)16(14)7-12/h12-16H,3-11,19H2,1-2H3. The zero-order valence-electron chi connectivity index (χ0n) is 12.8. The fourth-order valence-corrected chi connectivity index (χ4v) is 7.44. The van der Waals surface area contributed by atoms with E-state index < -0.39 is 0 Å². The molecule has 4 aliphatic rings. The third kappa shape index (κ3) is 1.57. The predicted octanol–water partition coefficient (Wildman–Crippen LogP) is 4.21. The van der Waals surface area contributed by atoms with Crippen LogP contribution in [0.5, 0.6) is 0 Å². The number of hydrogen-bond donors (Lipinski definition) is 1. The summed E-state index contributed by atoms with van der Waals surface area (Å²) in [5, 5.41) is 0. The highest BCUT2D eigenvalue weighted by molar-refractivity contribution is 5.12. The first-order chi connectivity index (χ1) is 9.10. The normalized spacial score (nSPS) is 59.2. The molecular formula is C18H31N. The van der Waals surface area contributed by atoms with Crippen LogP contribution in [-0.4, -0.2) is 6.54 Å². The van der Waals surface area contributed by atoms with Gasteiger partial charge >= 0.3 is 0 Å². The van der Waals surface area contributed by atoms with Gasteiger partial charge in [-0.2, -0.15) is 0 Å². The molecule has 4 fully saturated rings. The highest BCUT2D eigenvalue weighted by atomic mass is 14.7. The second-order valence-corrected chi connectivity index (χ2v) is 8.85. The molecule has 2 N–H and O–H groups in total. The molecule has 4 bridgehead atoms. The number of fused-ring (bicyclic) bond motifs is 2. The highest BCUT2D eigenvalue weighted by Crippen LogP contribution is 2.70. The number of hydrogen-bond acceptors (Lipinski definition) is 1. The predicted molar refractivity (Wildman–Crippen MR) is 79.7 cm³/mol. The van der Waals surface area contributed by atoms with Crippen LogP contribution in [0.25, 0.3) is 0 Å². The number of rotatable bonds is 2. The Morgan fingerprint density at radius 1 is 1.11 bits per heavy atom. The van der Waals surface area contributed by atoms with Crippen LogP contribution in [0.4, 0.5) is 0 Å². The minimum atomic E-state index is 0.525. The zero-order valence-corrected chi connectivity index (χ0v) is 12.8. The molecule has 0 aliphatic heterocycles. The van der Waals surface area contributed by atoms with Gasteiger partial charge in [-0.1, -0.05) is 26.7 Å². The second-order valence-electron chi connectivity index (χ2n) is 8.85. The maximum absolute atomic E-state index is 6.30. The average Bonchev–Trinajstić information content (AvgIpc) is 2.44. The van der Waals surface area contributed by atoms with Gasteiger partial charge in [-0.05, 0) is 85.5 Å². The molecule has 7 unspecified atom stereocenters. The van der Waals surface area contributed by atoms with E-state index in [0.717, 1.165) is 36.1 Å². The molecule has 0 saturated heterocycles. The molecule has 4 saturated carbocycles. The summed E-state index contributed by atoms with van der Waals surface area (Å²) in [5.74, 6) is 5.17. The van der Waals surface area contributed by atoms with Crippen molar-refractivity contribution in [3.63, 3.8) is 0 Å². The van der Waals surface area contributed by atoms with Crippen LogP contribution in [0.2, 0.25) is 0 Å². The summed E-state index contributed by atoms with van der Waals surface area (Å²) in [5.41, 5.74) is 7.48. The van der Waals surface area contributed by atoms with Crippen LogP contribution in [0, 0.1) is 40.4 Å². The van der Waals surface area contributed by atoms with Crippen molar-refractivity contribution in [3.8, 4) is 0 Å². The van der Waals surface area contributed by atoms with Crippen LogP contribution >= 0.6 is 0 Å². The molecular weight excluding hydrogens is 230 g/mol. The lowest BCUT2D eigenvalue weighted by molar-refractivity contribution is -0.184. The molecule has 7 atom stereocenters. The largest absolute Gasteiger partial charge is 0.330 e. The first-order valence-corrected chi connectivity index (χ1v) is 8.80.